The molecule has 1 saturated heterocycles. The lowest BCUT2D eigenvalue weighted by atomic mass is 10.1. The van der Waals surface area contributed by atoms with E-state index < -0.39 is 5.91 Å². The van der Waals surface area contributed by atoms with E-state index in [4.69, 9.17) is 14.1 Å². The molecule has 9 heteroatoms. The third kappa shape index (κ3) is 5.79. The Kier molecular flexibility index (Phi) is 7.54. The van der Waals surface area contributed by atoms with E-state index in [2.05, 4.69) is 10.3 Å². The molecule has 1 aromatic heterocycles. The minimum Gasteiger partial charge on any atom is -0.497 e. The Bertz CT molecular complexity index is 1120. The molecule has 9 nitrogen and oxygen atoms in total. The van der Waals surface area contributed by atoms with Crippen molar-refractivity contribution in [2.24, 2.45) is 0 Å². The van der Waals surface area contributed by atoms with Crippen LogP contribution >= 0.6 is 0 Å². The fraction of sp³-hybridized carbons (Fsp3) is 0.360. The monoisotopic (exact) mass is 464 g/mol. The number of hydrogen-bond donors (Lipinski definition) is 0. The maximum Gasteiger partial charge on any atom is 0.278 e. The van der Waals surface area contributed by atoms with Crippen molar-refractivity contribution in [1.29, 1.82) is 0 Å². The van der Waals surface area contributed by atoms with Gasteiger partial charge in [0.2, 0.25) is 5.91 Å². The van der Waals surface area contributed by atoms with Crippen molar-refractivity contribution >= 4 is 11.8 Å². The van der Waals surface area contributed by atoms with Gasteiger partial charge in [-0.1, -0.05) is 47.6 Å². The highest BCUT2D eigenvalue weighted by atomic mass is 16.6. The average molecular weight is 465 g/mol. The third-order valence-electron chi connectivity index (χ3n) is 5.80. The van der Waals surface area contributed by atoms with E-state index in [1.54, 1.807) is 18.9 Å². The Morgan fingerprint density at radius 2 is 1.88 bits per heavy atom. The van der Waals surface area contributed by atoms with Crippen LogP contribution in [0.3, 0.4) is 0 Å². The first-order valence-electron chi connectivity index (χ1n) is 11.2. The minimum atomic E-state index is -0.396. The molecular weight excluding hydrogens is 436 g/mol. The van der Waals surface area contributed by atoms with Gasteiger partial charge in [0.25, 0.3) is 5.91 Å². The number of amides is 2. The van der Waals surface area contributed by atoms with E-state index in [1.807, 2.05) is 54.6 Å². The standard InChI is InChI=1S/C25H28N4O5/c1-18-24(27-34-26-18)25(31)29-15-22(33-17-20-9-6-10-21(13-20)32-2)14-28(23(30)16-29)12-11-19-7-4-3-5-8-19/h3-10,13,22H,11-12,14-17H2,1-2H3/t22-/m0/s1. The minimum absolute atomic E-state index is 0.0566. The molecule has 3 aromatic rings. The molecule has 4 rings (SSSR count). The summed E-state index contributed by atoms with van der Waals surface area (Å²) in [5.74, 6) is 0.213. The van der Waals surface area contributed by atoms with E-state index in [0.717, 1.165) is 23.3 Å². The lowest BCUT2D eigenvalue weighted by Gasteiger charge is -2.25. The smallest absolute Gasteiger partial charge is 0.278 e. The van der Waals surface area contributed by atoms with Crippen LogP contribution in [0.4, 0.5) is 0 Å². The number of hydrogen-bond acceptors (Lipinski definition) is 7. The van der Waals surface area contributed by atoms with Gasteiger partial charge >= 0.3 is 0 Å². The number of ether oxygens (including phenoxy) is 2. The summed E-state index contributed by atoms with van der Waals surface area (Å²) in [5, 5.41) is 7.41. The van der Waals surface area contributed by atoms with Crippen LogP contribution in [0.15, 0.2) is 59.2 Å². The highest BCUT2D eigenvalue weighted by molar-refractivity contribution is 5.95. The van der Waals surface area contributed by atoms with Crippen molar-refractivity contribution in [2.75, 3.05) is 33.3 Å². The van der Waals surface area contributed by atoms with Crippen molar-refractivity contribution < 1.29 is 23.7 Å². The van der Waals surface area contributed by atoms with Gasteiger partial charge in [-0.05, 0) is 41.8 Å². The van der Waals surface area contributed by atoms with Gasteiger partial charge in [-0.3, -0.25) is 9.59 Å². The molecule has 1 aliphatic heterocycles. The van der Waals surface area contributed by atoms with Crippen molar-refractivity contribution in [3.63, 3.8) is 0 Å². The quantitative estimate of drug-likeness (QED) is 0.505. The van der Waals surface area contributed by atoms with E-state index in [1.165, 1.54) is 4.90 Å². The van der Waals surface area contributed by atoms with Crippen molar-refractivity contribution in [1.82, 2.24) is 20.1 Å². The number of nitrogens with zero attached hydrogens (tertiary/aromatic N) is 4. The molecule has 34 heavy (non-hydrogen) atoms. The largest absolute Gasteiger partial charge is 0.497 e. The van der Waals surface area contributed by atoms with Crippen LogP contribution in [0, 0.1) is 6.92 Å². The summed E-state index contributed by atoms with van der Waals surface area (Å²) in [6.45, 7) is 3.09. The second-order valence-corrected chi connectivity index (χ2v) is 8.24. The molecule has 0 N–H and O–H groups in total. The summed E-state index contributed by atoms with van der Waals surface area (Å²) < 4.78 is 16.2. The first-order valence-corrected chi connectivity index (χ1v) is 11.2. The third-order valence-corrected chi connectivity index (χ3v) is 5.80. The second kappa shape index (κ2) is 10.9. The highest BCUT2D eigenvalue weighted by Crippen LogP contribution is 2.17. The second-order valence-electron chi connectivity index (χ2n) is 8.24. The van der Waals surface area contributed by atoms with Gasteiger partial charge in [0.05, 0.1) is 19.8 Å². The topological polar surface area (TPSA) is 98.0 Å². The van der Waals surface area contributed by atoms with Crippen molar-refractivity contribution in [3.8, 4) is 5.75 Å². The summed E-state index contributed by atoms with van der Waals surface area (Å²) in [6.07, 6.45) is 0.340. The van der Waals surface area contributed by atoms with Gasteiger partial charge in [-0.25, -0.2) is 4.63 Å². The Morgan fingerprint density at radius 3 is 2.62 bits per heavy atom. The normalized spacial score (nSPS) is 16.4. The number of benzene rings is 2. The Hall–Kier alpha value is -3.72. The number of rotatable bonds is 8. The predicted octanol–water partition coefficient (Wildman–Crippen LogP) is 2.50. The van der Waals surface area contributed by atoms with Crippen LogP contribution in [-0.4, -0.2) is 71.3 Å². The lowest BCUT2D eigenvalue weighted by molar-refractivity contribution is -0.131. The van der Waals surface area contributed by atoms with Crippen LogP contribution in [-0.2, 0) is 22.6 Å². The Balaban J connectivity index is 1.50. The van der Waals surface area contributed by atoms with E-state index in [-0.39, 0.29) is 30.8 Å². The SMILES string of the molecule is COc1cccc(CO[C@H]2CN(CCc3ccccc3)C(=O)CN(C(=O)c3nonc3C)C2)c1. The summed E-state index contributed by atoms with van der Waals surface area (Å²) in [6, 6.07) is 17.6. The van der Waals surface area contributed by atoms with E-state index in [0.29, 0.717) is 25.4 Å². The van der Waals surface area contributed by atoms with Gasteiger partial charge in [0.15, 0.2) is 5.69 Å². The van der Waals surface area contributed by atoms with Crippen molar-refractivity contribution in [2.45, 2.75) is 26.1 Å². The molecule has 2 heterocycles. The molecule has 0 unspecified atom stereocenters. The van der Waals surface area contributed by atoms with E-state index in [9.17, 15) is 9.59 Å². The Labute approximate surface area is 198 Å². The zero-order chi connectivity index (χ0) is 23.9. The van der Waals surface area contributed by atoms with Gasteiger partial charge in [0, 0.05) is 19.6 Å². The summed E-state index contributed by atoms with van der Waals surface area (Å²) >= 11 is 0. The summed E-state index contributed by atoms with van der Waals surface area (Å²) in [5.41, 5.74) is 2.58. The fourth-order valence-corrected chi connectivity index (χ4v) is 3.92. The van der Waals surface area contributed by atoms with Crippen LogP contribution in [0.25, 0.3) is 0 Å². The predicted molar refractivity (Wildman–Crippen MR) is 123 cm³/mol. The molecule has 0 aliphatic carbocycles. The number of carbonyl (C=O) groups is 2. The maximum absolute atomic E-state index is 13.1. The van der Waals surface area contributed by atoms with Gasteiger partial charge in [-0.2, -0.15) is 0 Å². The fourth-order valence-electron chi connectivity index (χ4n) is 3.92. The molecule has 0 bridgehead atoms. The van der Waals surface area contributed by atoms with Gasteiger partial charge < -0.3 is 19.3 Å². The number of aryl methyl sites for hydroxylation is 1. The van der Waals surface area contributed by atoms with Crippen LogP contribution < -0.4 is 4.74 Å². The molecule has 1 aliphatic rings. The zero-order valence-corrected chi connectivity index (χ0v) is 19.3. The molecule has 1 fully saturated rings. The number of aromatic nitrogens is 2. The molecule has 0 saturated carbocycles. The molecule has 2 amide bonds. The number of carbonyl (C=O) groups excluding carboxylic acids is 2. The van der Waals surface area contributed by atoms with Crippen LogP contribution in [0.2, 0.25) is 0 Å². The molecule has 178 valence electrons. The maximum atomic E-state index is 13.1. The highest BCUT2D eigenvalue weighted by Gasteiger charge is 2.33. The van der Waals surface area contributed by atoms with Gasteiger partial charge in [-0.15, -0.1) is 0 Å². The first kappa shape index (κ1) is 23.4. The van der Waals surface area contributed by atoms with Crippen LogP contribution in [0.5, 0.6) is 5.75 Å². The molecule has 0 radical (unpaired) electrons. The molecule has 0 spiro atoms. The Morgan fingerprint density at radius 1 is 1.09 bits per heavy atom. The number of methoxy groups -OCH3 is 1. The first-order chi connectivity index (χ1) is 16.5. The van der Waals surface area contributed by atoms with Gasteiger partial charge in [0.1, 0.15) is 18.0 Å². The summed E-state index contributed by atoms with van der Waals surface area (Å²) in [7, 11) is 1.62. The lowest BCUT2D eigenvalue weighted by Crippen LogP contribution is -2.40. The molecule has 2 aromatic carbocycles. The van der Waals surface area contributed by atoms with Crippen molar-refractivity contribution in [3.05, 3.63) is 77.1 Å². The molecule has 1 atom stereocenters. The van der Waals surface area contributed by atoms with Crippen LogP contribution in [0.1, 0.15) is 27.3 Å². The van der Waals surface area contributed by atoms with E-state index >= 15 is 0 Å². The molecular formula is C25H28N4O5. The zero-order valence-electron chi connectivity index (χ0n) is 19.3. The average Bonchev–Trinajstić information content (AvgIpc) is 3.22. The summed E-state index contributed by atoms with van der Waals surface area (Å²) in [4.78, 5) is 29.4.